The summed E-state index contributed by atoms with van der Waals surface area (Å²) < 4.78 is 2.73. The van der Waals surface area contributed by atoms with Gasteiger partial charge < -0.3 is 5.32 Å². The molecule has 2 nitrogen and oxygen atoms in total. The second-order valence-corrected chi connectivity index (χ2v) is 7.88. The fourth-order valence-corrected chi connectivity index (χ4v) is 4.34. The van der Waals surface area contributed by atoms with Gasteiger partial charge in [0.25, 0.3) is 0 Å². The van der Waals surface area contributed by atoms with E-state index in [-0.39, 0.29) is 0 Å². The van der Waals surface area contributed by atoms with Crippen molar-refractivity contribution in [3.05, 3.63) is 42.2 Å². The molecule has 0 unspecified atom stereocenters. The molecule has 1 aromatic heterocycles. The standard InChI is InChI=1S/C14H15Br2ClN2S/c1-2-3-4-9-5-11(15)13(12(16)6-9)18-7-10-8-19-14(17)20-10/h5-6,8,18H,2-4,7H2,1H3. The molecule has 1 N–H and O–H groups in total. The number of aromatic nitrogens is 1. The Balaban J connectivity index is 2.07. The fraction of sp³-hybridized carbons (Fsp3) is 0.357. The van der Waals surface area contributed by atoms with Gasteiger partial charge in [0, 0.05) is 20.0 Å². The Kier molecular flexibility index (Phi) is 6.33. The van der Waals surface area contributed by atoms with Crippen LogP contribution in [0.5, 0.6) is 0 Å². The maximum atomic E-state index is 5.84. The highest BCUT2D eigenvalue weighted by Crippen LogP contribution is 2.33. The van der Waals surface area contributed by atoms with Crippen molar-refractivity contribution < 1.29 is 0 Å². The van der Waals surface area contributed by atoms with Crippen molar-refractivity contribution in [2.24, 2.45) is 0 Å². The minimum absolute atomic E-state index is 0.579. The van der Waals surface area contributed by atoms with Gasteiger partial charge >= 0.3 is 0 Å². The first-order chi connectivity index (χ1) is 9.60. The SMILES string of the molecule is CCCCc1cc(Br)c(NCc2cnc(Cl)s2)c(Br)c1. The van der Waals surface area contributed by atoms with Gasteiger partial charge in [0.1, 0.15) is 0 Å². The lowest BCUT2D eigenvalue weighted by Gasteiger charge is -2.12. The Bertz CT molecular complexity index is 563. The molecule has 6 heteroatoms. The number of nitrogens with one attached hydrogen (secondary N) is 1. The molecule has 0 saturated carbocycles. The third-order valence-electron chi connectivity index (χ3n) is 2.89. The van der Waals surface area contributed by atoms with E-state index in [0.29, 0.717) is 4.47 Å². The molecule has 20 heavy (non-hydrogen) atoms. The Morgan fingerprint density at radius 1 is 1.30 bits per heavy atom. The molecule has 0 amide bonds. The number of rotatable bonds is 6. The summed E-state index contributed by atoms with van der Waals surface area (Å²) in [6.07, 6.45) is 5.34. The van der Waals surface area contributed by atoms with Crippen LogP contribution in [-0.4, -0.2) is 4.98 Å². The summed E-state index contributed by atoms with van der Waals surface area (Å²) in [7, 11) is 0. The first-order valence-electron chi connectivity index (χ1n) is 6.42. The van der Waals surface area contributed by atoms with Crippen molar-refractivity contribution in [3.63, 3.8) is 0 Å². The first-order valence-corrected chi connectivity index (χ1v) is 9.20. The molecule has 0 aliphatic rings. The average molecular weight is 439 g/mol. The van der Waals surface area contributed by atoms with E-state index < -0.39 is 0 Å². The Hall–Kier alpha value is -0.100. The van der Waals surface area contributed by atoms with E-state index in [2.05, 4.69) is 61.2 Å². The number of benzene rings is 1. The summed E-state index contributed by atoms with van der Waals surface area (Å²) in [6, 6.07) is 4.37. The number of aryl methyl sites for hydroxylation is 1. The summed E-state index contributed by atoms with van der Waals surface area (Å²) >= 11 is 14.6. The second kappa shape index (κ2) is 7.78. The number of nitrogens with zero attached hydrogens (tertiary/aromatic N) is 1. The van der Waals surface area contributed by atoms with Crippen molar-refractivity contribution in [1.82, 2.24) is 4.98 Å². The Morgan fingerprint density at radius 3 is 2.55 bits per heavy atom. The molecule has 1 heterocycles. The number of anilines is 1. The topological polar surface area (TPSA) is 24.9 Å². The summed E-state index contributed by atoms with van der Waals surface area (Å²) in [5, 5.41) is 3.41. The monoisotopic (exact) mass is 436 g/mol. The Morgan fingerprint density at radius 2 is 2.00 bits per heavy atom. The normalized spacial score (nSPS) is 10.8. The van der Waals surface area contributed by atoms with Gasteiger partial charge in [0.15, 0.2) is 4.47 Å². The van der Waals surface area contributed by atoms with E-state index in [1.807, 2.05) is 0 Å². The van der Waals surface area contributed by atoms with Crippen molar-refractivity contribution in [2.75, 3.05) is 5.32 Å². The fourth-order valence-electron chi connectivity index (χ4n) is 1.86. The molecule has 108 valence electrons. The van der Waals surface area contributed by atoms with E-state index in [9.17, 15) is 0 Å². The Labute approximate surface area is 145 Å². The van der Waals surface area contributed by atoms with Gasteiger partial charge in [0.05, 0.1) is 12.2 Å². The summed E-state index contributed by atoms with van der Waals surface area (Å²) in [5.74, 6) is 0. The van der Waals surface area contributed by atoms with Crippen LogP contribution in [0.15, 0.2) is 27.3 Å². The third kappa shape index (κ3) is 4.45. The molecule has 0 radical (unpaired) electrons. The van der Waals surface area contributed by atoms with E-state index in [0.717, 1.165) is 32.5 Å². The molecule has 0 aliphatic carbocycles. The predicted octanol–water partition coefficient (Wildman–Crippen LogP) is 6.28. The zero-order valence-electron chi connectivity index (χ0n) is 11.0. The van der Waals surface area contributed by atoms with E-state index in [1.54, 1.807) is 6.20 Å². The van der Waals surface area contributed by atoms with Crippen LogP contribution in [0, 0.1) is 0 Å². The number of halogens is 3. The molecule has 0 aliphatic heterocycles. The zero-order valence-corrected chi connectivity index (χ0v) is 15.8. The first kappa shape index (κ1) is 16.3. The van der Waals surface area contributed by atoms with Gasteiger partial charge in [-0.1, -0.05) is 24.9 Å². The minimum atomic E-state index is 0.579. The zero-order chi connectivity index (χ0) is 14.5. The lowest BCUT2D eigenvalue weighted by Crippen LogP contribution is -2.00. The van der Waals surface area contributed by atoms with Crippen LogP contribution in [0.1, 0.15) is 30.2 Å². The summed E-state index contributed by atoms with van der Waals surface area (Å²) in [4.78, 5) is 5.16. The molecule has 0 bridgehead atoms. The van der Waals surface area contributed by atoms with Gasteiger partial charge in [-0.25, -0.2) is 4.98 Å². The molecule has 1 aromatic carbocycles. The molecule has 2 aromatic rings. The van der Waals surface area contributed by atoms with Crippen molar-refractivity contribution in [3.8, 4) is 0 Å². The lowest BCUT2D eigenvalue weighted by molar-refractivity contribution is 0.794. The molecule has 0 saturated heterocycles. The quantitative estimate of drug-likeness (QED) is 0.574. The van der Waals surface area contributed by atoms with Crippen LogP contribution in [-0.2, 0) is 13.0 Å². The minimum Gasteiger partial charge on any atom is -0.378 e. The van der Waals surface area contributed by atoms with Gasteiger partial charge in [-0.05, 0) is 62.4 Å². The van der Waals surface area contributed by atoms with Crippen molar-refractivity contribution in [2.45, 2.75) is 32.7 Å². The van der Waals surface area contributed by atoms with Gasteiger partial charge in [-0.15, -0.1) is 11.3 Å². The van der Waals surface area contributed by atoms with E-state index in [4.69, 9.17) is 11.6 Å². The number of thiazole rings is 1. The molecule has 0 fully saturated rings. The molecule has 0 atom stereocenters. The third-order valence-corrected chi connectivity index (χ3v) is 5.25. The predicted molar refractivity (Wildman–Crippen MR) is 94.9 cm³/mol. The highest BCUT2D eigenvalue weighted by molar-refractivity contribution is 9.11. The highest BCUT2D eigenvalue weighted by Gasteiger charge is 2.08. The van der Waals surface area contributed by atoms with Crippen molar-refractivity contribution in [1.29, 1.82) is 0 Å². The van der Waals surface area contributed by atoms with Crippen LogP contribution >= 0.6 is 54.8 Å². The van der Waals surface area contributed by atoms with Gasteiger partial charge in [0.2, 0.25) is 0 Å². The van der Waals surface area contributed by atoms with Gasteiger partial charge in [-0.2, -0.15) is 0 Å². The van der Waals surface area contributed by atoms with Crippen molar-refractivity contribution >= 4 is 60.5 Å². The number of hydrogen-bond donors (Lipinski definition) is 1. The van der Waals surface area contributed by atoms with E-state index in [1.165, 1.54) is 29.7 Å². The second-order valence-electron chi connectivity index (χ2n) is 4.47. The van der Waals surface area contributed by atoms with Crippen LogP contribution in [0.25, 0.3) is 0 Å². The maximum Gasteiger partial charge on any atom is 0.183 e. The van der Waals surface area contributed by atoms with Gasteiger partial charge in [-0.3, -0.25) is 0 Å². The smallest absolute Gasteiger partial charge is 0.183 e. The lowest BCUT2D eigenvalue weighted by atomic mass is 10.1. The molecular weight excluding hydrogens is 423 g/mol. The number of unbranched alkanes of at least 4 members (excludes halogenated alkanes) is 1. The molecule has 0 spiro atoms. The largest absolute Gasteiger partial charge is 0.378 e. The van der Waals surface area contributed by atoms with Crippen LogP contribution < -0.4 is 5.32 Å². The molecule has 2 rings (SSSR count). The van der Waals surface area contributed by atoms with Crippen LogP contribution in [0.3, 0.4) is 0 Å². The van der Waals surface area contributed by atoms with Crippen LogP contribution in [0.2, 0.25) is 4.47 Å². The van der Waals surface area contributed by atoms with E-state index >= 15 is 0 Å². The average Bonchev–Trinajstić information content (AvgIpc) is 2.81. The summed E-state index contributed by atoms with van der Waals surface area (Å²) in [6.45, 7) is 2.93. The number of hydrogen-bond acceptors (Lipinski definition) is 3. The summed E-state index contributed by atoms with van der Waals surface area (Å²) in [5.41, 5.74) is 2.41. The maximum absolute atomic E-state index is 5.84. The highest BCUT2D eigenvalue weighted by atomic mass is 79.9. The van der Waals surface area contributed by atoms with Crippen LogP contribution in [0.4, 0.5) is 5.69 Å². The molecular formula is C14H15Br2ClN2S.